The summed E-state index contributed by atoms with van der Waals surface area (Å²) in [4.78, 5) is 8.70. The maximum Gasteiger partial charge on any atom is 2.00 e. The zero-order valence-electron chi connectivity index (χ0n) is 25.9. The first-order chi connectivity index (χ1) is 19.2. The Balaban J connectivity index is 0.000000280. The van der Waals surface area contributed by atoms with E-state index in [4.69, 9.17) is 10.6 Å². The van der Waals surface area contributed by atoms with Crippen LogP contribution in [0.4, 0.5) is 11.4 Å². The fraction of sp³-hybridized carbons (Fsp3) is 0.389. The third-order valence-corrected chi connectivity index (χ3v) is 6.94. The van der Waals surface area contributed by atoms with Gasteiger partial charge in [-0.1, -0.05) is 139 Å². The molecular formula is C36H46FeN4. The minimum absolute atomic E-state index is 0. The zero-order valence-corrected chi connectivity index (χ0v) is 27.1. The smallest absolute Gasteiger partial charge is 0.679 e. The number of pyridine rings is 2. The number of nitrogens with zero attached hydrogens (tertiary/aromatic N) is 4. The number of para-hydroxylation sites is 2. The molecule has 5 heteroatoms. The van der Waals surface area contributed by atoms with Gasteiger partial charge in [0.05, 0.1) is 0 Å². The largest absolute Gasteiger partial charge is 2.00 e. The van der Waals surface area contributed by atoms with Gasteiger partial charge in [-0.3, -0.25) is 9.97 Å². The van der Waals surface area contributed by atoms with Crippen LogP contribution in [-0.2, 0) is 30.2 Å². The van der Waals surface area contributed by atoms with Crippen LogP contribution in [0, 0.1) is 0 Å². The van der Waals surface area contributed by atoms with Gasteiger partial charge in [-0.2, -0.15) is 0 Å². The second kappa shape index (κ2) is 17.0. The maximum absolute atomic E-state index is 4.86. The normalized spacial score (nSPS) is 10.8. The van der Waals surface area contributed by atoms with Gasteiger partial charge >= 0.3 is 17.1 Å². The van der Waals surface area contributed by atoms with Crippen molar-refractivity contribution < 1.29 is 17.1 Å². The second-order valence-electron chi connectivity index (χ2n) is 11.5. The second-order valence-corrected chi connectivity index (χ2v) is 11.5. The molecule has 2 aromatic carbocycles. The van der Waals surface area contributed by atoms with E-state index in [0.29, 0.717) is 36.8 Å². The van der Waals surface area contributed by atoms with Gasteiger partial charge in [-0.25, -0.2) is 0 Å². The molecule has 2 aromatic heterocycles. The van der Waals surface area contributed by atoms with E-state index >= 15 is 0 Å². The topological polar surface area (TPSA) is 54.0 Å². The quantitative estimate of drug-likeness (QED) is 0.173. The van der Waals surface area contributed by atoms with E-state index < -0.39 is 0 Å². The van der Waals surface area contributed by atoms with Crippen LogP contribution < -0.4 is 0 Å². The summed E-state index contributed by atoms with van der Waals surface area (Å²) in [5.41, 5.74) is 9.64. The van der Waals surface area contributed by atoms with Crippen LogP contribution in [0.3, 0.4) is 0 Å². The monoisotopic (exact) mass is 590 g/mol. The van der Waals surface area contributed by atoms with E-state index in [2.05, 4.69) is 102 Å². The summed E-state index contributed by atoms with van der Waals surface area (Å²) >= 11 is 0. The van der Waals surface area contributed by atoms with Gasteiger partial charge in [-0.05, 0) is 47.9 Å². The third kappa shape index (κ3) is 10.0. The molecule has 4 aromatic rings. The molecule has 0 aliphatic rings. The van der Waals surface area contributed by atoms with E-state index in [9.17, 15) is 0 Å². The van der Waals surface area contributed by atoms with Crippen LogP contribution in [0.15, 0.2) is 85.2 Å². The minimum Gasteiger partial charge on any atom is -0.679 e. The number of hydrogen-bond acceptors (Lipinski definition) is 2. The van der Waals surface area contributed by atoms with Crippen molar-refractivity contribution in [3.63, 3.8) is 0 Å². The maximum atomic E-state index is 4.86. The SMILES string of the molecule is CC(C)c1cccc(C(C)C)c1[N-]Cc1ccccn1.CC(C)c1cccc(C(C)C)c1[N-]Cc1ccccn1.[Fe+2]. The fourth-order valence-corrected chi connectivity index (χ4v) is 4.69. The molecule has 0 saturated carbocycles. The van der Waals surface area contributed by atoms with Gasteiger partial charge < -0.3 is 10.6 Å². The Kier molecular flexibility index (Phi) is 14.1. The summed E-state index contributed by atoms with van der Waals surface area (Å²) in [6.45, 7) is 19.1. The van der Waals surface area contributed by atoms with Crippen LogP contribution >= 0.6 is 0 Å². The Hall–Kier alpha value is -3.14. The zero-order chi connectivity index (χ0) is 29.1. The van der Waals surface area contributed by atoms with E-state index in [-0.39, 0.29) is 17.1 Å². The van der Waals surface area contributed by atoms with Crippen molar-refractivity contribution in [2.24, 2.45) is 0 Å². The molecule has 4 nitrogen and oxygen atoms in total. The van der Waals surface area contributed by atoms with Crippen LogP contribution in [0.2, 0.25) is 0 Å². The molecule has 0 atom stereocenters. The average molecular weight is 591 g/mol. The Morgan fingerprint density at radius 3 is 1.02 bits per heavy atom. The molecule has 4 rings (SSSR count). The molecule has 0 aliphatic carbocycles. The predicted molar refractivity (Wildman–Crippen MR) is 171 cm³/mol. The van der Waals surface area contributed by atoms with Crippen molar-refractivity contribution in [3.05, 3.63) is 129 Å². The summed E-state index contributed by atoms with van der Waals surface area (Å²) in [5.74, 6) is 1.93. The van der Waals surface area contributed by atoms with Crippen LogP contribution in [0.1, 0.15) is 113 Å². The van der Waals surface area contributed by atoms with Gasteiger partial charge in [0, 0.05) is 23.8 Å². The van der Waals surface area contributed by atoms with Crippen molar-refractivity contribution in [1.82, 2.24) is 9.97 Å². The minimum atomic E-state index is 0. The molecule has 0 unspecified atom stereocenters. The number of rotatable bonds is 10. The standard InChI is InChI=1S/2C18H23N2.Fe/c2*1-13(2)16-9-7-10-17(14(3)4)18(16)20-12-15-8-5-6-11-19-15;/h2*5-11,13-14H,12H2,1-4H3;/q2*-1;+2. The van der Waals surface area contributed by atoms with E-state index in [1.165, 1.54) is 22.3 Å². The number of hydrogen-bond donors (Lipinski definition) is 0. The van der Waals surface area contributed by atoms with Gasteiger partial charge in [0.1, 0.15) is 0 Å². The molecule has 0 saturated heterocycles. The molecule has 0 amide bonds. The molecule has 0 radical (unpaired) electrons. The molecule has 0 spiro atoms. The summed E-state index contributed by atoms with van der Waals surface area (Å²) in [7, 11) is 0. The Morgan fingerprint density at radius 1 is 0.463 bits per heavy atom. The summed E-state index contributed by atoms with van der Waals surface area (Å²) in [5, 5.41) is 9.71. The number of aromatic nitrogens is 2. The van der Waals surface area contributed by atoms with Crippen molar-refractivity contribution in [3.8, 4) is 0 Å². The van der Waals surface area contributed by atoms with Gasteiger partial charge in [0.15, 0.2) is 0 Å². The summed E-state index contributed by atoms with van der Waals surface area (Å²) < 4.78 is 0. The Labute approximate surface area is 259 Å². The third-order valence-electron chi connectivity index (χ3n) is 6.94. The predicted octanol–water partition coefficient (Wildman–Crippen LogP) is 11.1. The molecule has 0 aliphatic heterocycles. The van der Waals surface area contributed by atoms with Crippen molar-refractivity contribution in [1.29, 1.82) is 0 Å². The molecule has 218 valence electrons. The van der Waals surface area contributed by atoms with E-state index in [1.54, 1.807) is 0 Å². The first kappa shape index (κ1) is 34.1. The van der Waals surface area contributed by atoms with Crippen LogP contribution in [0.5, 0.6) is 0 Å². The molecular weight excluding hydrogens is 544 g/mol. The summed E-state index contributed by atoms with van der Waals surface area (Å²) in [6.07, 6.45) is 3.64. The summed E-state index contributed by atoms with van der Waals surface area (Å²) in [6, 6.07) is 25.0. The average Bonchev–Trinajstić information content (AvgIpc) is 2.95. The molecule has 0 N–H and O–H groups in total. The Bertz CT molecular complexity index is 1150. The van der Waals surface area contributed by atoms with Gasteiger partial charge in [-0.15, -0.1) is 11.4 Å². The van der Waals surface area contributed by atoms with Gasteiger partial charge in [0.25, 0.3) is 0 Å². The first-order valence-corrected chi connectivity index (χ1v) is 14.6. The first-order valence-electron chi connectivity index (χ1n) is 14.6. The van der Waals surface area contributed by atoms with Crippen molar-refractivity contribution in [2.45, 2.75) is 92.2 Å². The van der Waals surface area contributed by atoms with Crippen LogP contribution in [-0.4, -0.2) is 9.97 Å². The molecule has 0 bridgehead atoms. The van der Waals surface area contributed by atoms with E-state index in [1.807, 2.05) is 48.8 Å². The fourth-order valence-electron chi connectivity index (χ4n) is 4.69. The van der Waals surface area contributed by atoms with Crippen molar-refractivity contribution >= 4 is 11.4 Å². The van der Waals surface area contributed by atoms with E-state index in [0.717, 1.165) is 22.8 Å². The molecule has 0 fully saturated rings. The van der Waals surface area contributed by atoms with Crippen molar-refractivity contribution in [2.75, 3.05) is 0 Å². The van der Waals surface area contributed by atoms with Gasteiger partial charge in [0.2, 0.25) is 0 Å². The molecule has 41 heavy (non-hydrogen) atoms. The number of benzene rings is 2. The Morgan fingerprint density at radius 2 is 0.780 bits per heavy atom. The van der Waals surface area contributed by atoms with Crippen LogP contribution in [0.25, 0.3) is 10.6 Å². The molecule has 2 heterocycles.